The monoisotopic (exact) mass is 331 g/mol. The van der Waals surface area contributed by atoms with Crippen molar-refractivity contribution in [3.63, 3.8) is 0 Å². The number of morpholine rings is 1. The molecule has 1 atom stereocenters. The van der Waals surface area contributed by atoms with Crippen molar-refractivity contribution in [2.24, 2.45) is 0 Å². The number of ether oxygens (including phenoxy) is 1. The lowest BCUT2D eigenvalue weighted by Gasteiger charge is -2.35. The minimum Gasteiger partial charge on any atom is -0.377 e. The molecule has 0 aromatic heterocycles. The average Bonchev–Trinajstić information content (AvgIpc) is 2.63. The Bertz CT molecular complexity index is 538. The third-order valence-corrected chi connectivity index (χ3v) is 5.16. The summed E-state index contributed by atoms with van der Waals surface area (Å²) in [7, 11) is 2.17. The first-order valence-corrected chi connectivity index (χ1v) is 9.06. The molecule has 2 aliphatic rings. The Hall–Kier alpha value is -1.43. The van der Waals surface area contributed by atoms with E-state index in [1.807, 2.05) is 17.0 Å². The Morgan fingerprint density at radius 3 is 2.50 bits per heavy atom. The lowest BCUT2D eigenvalue weighted by atomic mass is 10.1. The van der Waals surface area contributed by atoms with E-state index in [2.05, 4.69) is 35.9 Å². The first kappa shape index (κ1) is 17.4. The zero-order valence-corrected chi connectivity index (χ0v) is 14.9. The predicted octanol–water partition coefficient (Wildman–Crippen LogP) is 1.69. The number of hydrogen-bond donors (Lipinski definition) is 0. The second kappa shape index (κ2) is 8.10. The van der Waals surface area contributed by atoms with Gasteiger partial charge in [-0.1, -0.05) is 19.1 Å². The van der Waals surface area contributed by atoms with E-state index in [0.717, 1.165) is 44.7 Å². The number of rotatable bonds is 4. The Balaban J connectivity index is 1.60. The molecule has 3 rings (SSSR count). The van der Waals surface area contributed by atoms with Gasteiger partial charge in [0.2, 0.25) is 0 Å². The molecule has 24 heavy (non-hydrogen) atoms. The summed E-state index contributed by atoms with van der Waals surface area (Å²) in [5.41, 5.74) is 2.07. The van der Waals surface area contributed by atoms with E-state index in [-0.39, 0.29) is 11.9 Å². The van der Waals surface area contributed by atoms with Crippen molar-refractivity contribution in [1.82, 2.24) is 14.7 Å². The summed E-state index contributed by atoms with van der Waals surface area (Å²) in [6.07, 6.45) is 0.938. The summed E-state index contributed by atoms with van der Waals surface area (Å²) in [5, 5.41) is 0. The largest absolute Gasteiger partial charge is 0.377 e. The van der Waals surface area contributed by atoms with Gasteiger partial charge in [-0.25, -0.2) is 0 Å². The number of hydrogen-bond acceptors (Lipinski definition) is 4. The maximum atomic E-state index is 12.8. The zero-order valence-electron chi connectivity index (χ0n) is 14.9. The summed E-state index contributed by atoms with van der Waals surface area (Å²) in [5.74, 6) is 0.135. The summed E-state index contributed by atoms with van der Waals surface area (Å²) >= 11 is 0. The topological polar surface area (TPSA) is 36.0 Å². The van der Waals surface area contributed by atoms with Crippen molar-refractivity contribution >= 4 is 5.91 Å². The van der Waals surface area contributed by atoms with Crippen LogP contribution in [0.3, 0.4) is 0 Å². The van der Waals surface area contributed by atoms with Gasteiger partial charge in [-0.15, -0.1) is 0 Å². The molecule has 1 aromatic carbocycles. The maximum absolute atomic E-state index is 12.8. The van der Waals surface area contributed by atoms with Gasteiger partial charge in [0, 0.05) is 44.8 Å². The lowest BCUT2D eigenvalue weighted by Crippen LogP contribution is -2.48. The number of carbonyl (C=O) groups excluding carboxylic acids is 1. The van der Waals surface area contributed by atoms with Crippen molar-refractivity contribution in [3.8, 4) is 0 Å². The van der Waals surface area contributed by atoms with Crippen LogP contribution in [-0.4, -0.2) is 79.6 Å². The van der Waals surface area contributed by atoms with E-state index < -0.39 is 0 Å². The molecule has 5 heteroatoms. The molecule has 2 saturated heterocycles. The third kappa shape index (κ3) is 4.15. The molecule has 0 radical (unpaired) electrons. The fraction of sp³-hybridized carbons (Fsp3) is 0.632. The molecular weight excluding hydrogens is 302 g/mol. The summed E-state index contributed by atoms with van der Waals surface area (Å²) in [6.45, 7) is 9.56. The smallest absolute Gasteiger partial charge is 0.254 e. The quantitative estimate of drug-likeness (QED) is 0.841. The van der Waals surface area contributed by atoms with Crippen LogP contribution in [0.1, 0.15) is 29.3 Å². The molecule has 1 aromatic rings. The normalized spacial score (nSPS) is 23.4. The number of benzene rings is 1. The van der Waals surface area contributed by atoms with Gasteiger partial charge >= 0.3 is 0 Å². The summed E-state index contributed by atoms with van der Waals surface area (Å²) in [6, 6.07) is 8.38. The van der Waals surface area contributed by atoms with Gasteiger partial charge in [0.05, 0.1) is 19.3 Å². The van der Waals surface area contributed by atoms with E-state index in [9.17, 15) is 4.79 Å². The van der Waals surface area contributed by atoms with Gasteiger partial charge in [0.15, 0.2) is 0 Å². The number of piperazine rings is 1. The second-order valence-corrected chi connectivity index (χ2v) is 6.91. The van der Waals surface area contributed by atoms with Crippen LogP contribution in [-0.2, 0) is 11.3 Å². The van der Waals surface area contributed by atoms with E-state index in [1.165, 1.54) is 5.56 Å². The van der Waals surface area contributed by atoms with Gasteiger partial charge < -0.3 is 14.5 Å². The Labute approximate surface area is 145 Å². The van der Waals surface area contributed by atoms with Gasteiger partial charge in [0.25, 0.3) is 5.91 Å². The zero-order chi connectivity index (χ0) is 16.9. The highest BCUT2D eigenvalue weighted by atomic mass is 16.5. The molecule has 1 amide bonds. The fourth-order valence-electron chi connectivity index (χ4n) is 3.44. The van der Waals surface area contributed by atoms with Crippen LogP contribution >= 0.6 is 0 Å². The van der Waals surface area contributed by atoms with Crippen molar-refractivity contribution in [2.45, 2.75) is 25.9 Å². The molecule has 0 spiro atoms. The number of carbonyl (C=O) groups is 1. The molecular formula is C19H29N3O2. The first-order chi connectivity index (χ1) is 11.7. The van der Waals surface area contributed by atoms with E-state index in [0.29, 0.717) is 19.8 Å². The Morgan fingerprint density at radius 1 is 1.12 bits per heavy atom. The van der Waals surface area contributed by atoms with Crippen LogP contribution < -0.4 is 0 Å². The molecule has 0 unspecified atom stereocenters. The fourth-order valence-corrected chi connectivity index (χ4v) is 3.44. The van der Waals surface area contributed by atoms with Crippen LogP contribution in [0.2, 0.25) is 0 Å². The SMILES string of the molecule is CC[C@@H]1COCCN1C(=O)c1ccc(CN2CCN(C)CC2)cc1. The summed E-state index contributed by atoms with van der Waals surface area (Å²) < 4.78 is 5.50. The maximum Gasteiger partial charge on any atom is 0.254 e. The molecule has 0 saturated carbocycles. The highest BCUT2D eigenvalue weighted by Crippen LogP contribution is 2.16. The van der Waals surface area contributed by atoms with Gasteiger partial charge in [-0.3, -0.25) is 9.69 Å². The molecule has 0 bridgehead atoms. The lowest BCUT2D eigenvalue weighted by molar-refractivity contribution is -0.00279. The van der Waals surface area contributed by atoms with E-state index in [4.69, 9.17) is 4.74 Å². The van der Waals surface area contributed by atoms with Gasteiger partial charge in [-0.2, -0.15) is 0 Å². The summed E-state index contributed by atoms with van der Waals surface area (Å²) in [4.78, 5) is 19.6. The van der Waals surface area contributed by atoms with Gasteiger partial charge in [0.1, 0.15) is 0 Å². The minimum atomic E-state index is 0.135. The van der Waals surface area contributed by atoms with Crippen LogP contribution in [0, 0.1) is 0 Å². The van der Waals surface area contributed by atoms with E-state index >= 15 is 0 Å². The highest BCUT2D eigenvalue weighted by molar-refractivity contribution is 5.94. The molecule has 2 fully saturated rings. The number of likely N-dealkylation sites (N-methyl/N-ethyl adjacent to an activating group) is 1. The average molecular weight is 331 g/mol. The Kier molecular flexibility index (Phi) is 5.87. The number of amides is 1. The minimum absolute atomic E-state index is 0.135. The predicted molar refractivity (Wildman–Crippen MR) is 95.2 cm³/mol. The molecule has 0 aliphatic carbocycles. The van der Waals surface area contributed by atoms with Crippen molar-refractivity contribution in [2.75, 3.05) is 53.0 Å². The van der Waals surface area contributed by atoms with Crippen LogP contribution in [0.5, 0.6) is 0 Å². The number of nitrogens with zero attached hydrogens (tertiary/aromatic N) is 3. The molecule has 5 nitrogen and oxygen atoms in total. The van der Waals surface area contributed by atoms with Crippen LogP contribution in [0.25, 0.3) is 0 Å². The van der Waals surface area contributed by atoms with Gasteiger partial charge in [-0.05, 0) is 31.2 Å². The molecule has 132 valence electrons. The van der Waals surface area contributed by atoms with Crippen molar-refractivity contribution < 1.29 is 9.53 Å². The molecule has 2 aliphatic heterocycles. The van der Waals surface area contributed by atoms with Crippen LogP contribution in [0.4, 0.5) is 0 Å². The third-order valence-electron chi connectivity index (χ3n) is 5.16. The second-order valence-electron chi connectivity index (χ2n) is 6.91. The van der Waals surface area contributed by atoms with Crippen molar-refractivity contribution in [3.05, 3.63) is 35.4 Å². The Morgan fingerprint density at radius 2 is 1.83 bits per heavy atom. The standard InChI is InChI=1S/C19H29N3O2/c1-3-18-15-24-13-12-22(18)19(23)17-6-4-16(5-7-17)14-21-10-8-20(2)9-11-21/h4-7,18H,3,8-15H2,1-2H3/t18-/m1/s1. The highest BCUT2D eigenvalue weighted by Gasteiger charge is 2.26. The molecule has 0 N–H and O–H groups in total. The van der Waals surface area contributed by atoms with Crippen LogP contribution in [0.15, 0.2) is 24.3 Å². The van der Waals surface area contributed by atoms with E-state index in [1.54, 1.807) is 0 Å². The molecule has 2 heterocycles. The van der Waals surface area contributed by atoms with Crippen molar-refractivity contribution in [1.29, 1.82) is 0 Å². The first-order valence-electron chi connectivity index (χ1n) is 9.06.